The number of nitriles is 1. The number of hydrogen-bond donors (Lipinski definition) is 1. The highest BCUT2D eigenvalue weighted by Gasteiger charge is 2.34. The minimum absolute atomic E-state index is 0.160. The van der Waals surface area contributed by atoms with E-state index in [9.17, 15) is 17.6 Å². The van der Waals surface area contributed by atoms with Crippen molar-refractivity contribution in [3.8, 4) is 11.8 Å². The van der Waals surface area contributed by atoms with Gasteiger partial charge in [-0.2, -0.15) is 9.65 Å². The van der Waals surface area contributed by atoms with E-state index in [0.29, 0.717) is 0 Å². The molecule has 0 amide bonds. The highest BCUT2D eigenvalue weighted by molar-refractivity contribution is 5.41. The molecule has 0 fully saturated rings. The van der Waals surface area contributed by atoms with Gasteiger partial charge >= 0.3 is 6.36 Å². The standard InChI is InChI=1S/C9H7F4N3O/c10-8-6(3-15)7(17-9(11,12)13)5(1-2-14)4-16-8/h4H,1,3,15H2. The number of nitrogens with two attached hydrogens (primary N) is 1. The van der Waals surface area contributed by atoms with Gasteiger partial charge in [0.25, 0.3) is 0 Å². The van der Waals surface area contributed by atoms with Gasteiger partial charge in [0.2, 0.25) is 5.95 Å². The molecule has 1 aromatic rings. The van der Waals surface area contributed by atoms with Crippen LogP contribution in [0.4, 0.5) is 17.6 Å². The molecular weight excluding hydrogens is 242 g/mol. The summed E-state index contributed by atoms with van der Waals surface area (Å²) in [6.07, 6.45) is -4.55. The first-order valence-electron chi connectivity index (χ1n) is 4.38. The molecule has 1 aromatic heterocycles. The molecule has 4 nitrogen and oxygen atoms in total. The third kappa shape index (κ3) is 3.29. The van der Waals surface area contributed by atoms with E-state index in [1.807, 2.05) is 0 Å². The average molecular weight is 249 g/mol. The van der Waals surface area contributed by atoms with Crippen LogP contribution < -0.4 is 10.5 Å². The summed E-state index contributed by atoms with van der Waals surface area (Å²) in [7, 11) is 0. The van der Waals surface area contributed by atoms with E-state index in [-0.39, 0.29) is 12.0 Å². The Morgan fingerprint density at radius 3 is 2.59 bits per heavy atom. The van der Waals surface area contributed by atoms with Crippen molar-refractivity contribution in [1.82, 2.24) is 4.98 Å². The van der Waals surface area contributed by atoms with Crippen molar-refractivity contribution in [2.24, 2.45) is 5.73 Å². The van der Waals surface area contributed by atoms with Crippen molar-refractivity contribution in [2.45, 2.75) is 19.3 Å². The Hall–Kier alpha value is -1.88. The van der Waals surface area contributed by atoms with Crippen LogP contribution in [-0.4, -0.2) is 11.3 Å². The predicted molar refractivity (Wildman–Crippen MR) is 48.1 cm³/mol. The molecule has 92 valence electrons. The summed E-state index contributed by atoms with van der Waals surface area (Å²) in [6, 6.07) is 1.63. The highest BCUT2D eigenvalue weighted by Crippen LogP contribution is 2.31. The van der Waals surface area contributed by atoms with E-state index in [0.717, 1.165) is 6.20 Å². The third-order valence-electron chi connectivity index (χ3n) is 1.84. The van der Waals surface area contributed by atoms with Crippen molar-refractivity contribution in [3.63, 3.8) is 0 Å². The Morgan fingerprint density at radius 1 is 1.47 bits per heavy atom. The Morgan fingerprint density at radius 2 is 2.12 bits per heavy atom. The lowest BCUT2D eigenvalue weighted by Crippen LogP contribution is -2.21. The number of ether oxygens (including phenoxy) is 1. The van der Waals surface area contributed by atoms with E-state index in [1.54, 1.807) is 6.07 Å². The second kappa shape index (κ2) is 4.97. The van der Waals surface area contributed by atoms with E-state index >= 15 is 0 Å². The molecular formula is C9H7F4N3O. The molecule has 0 spiro atoms. The Labute approximate surface area is 93.6 Å². The summed E-state index contributed by atoms with van der Waals surface area (Å²) in [6.45, 7) is -0.510. The largest absolute Gasteiger partial charge is 0.573 e. The van der Waals surface area contributed by atoms with Crippen LogP contribution in [0.25, 0.3) is 0 Å². The summed E-state index contributed by atoms with van der Waals surface area (Å²) >= 11 is 0. The van der Waals surface area contributed by atoms with Gasteiger partial charge in [-0.3, -0.25) is 0 Å². The van der Waals surface area contributed by atoms with Gasteiger partial charge in [-0.05, 0) is 0 Å². The van der Waals surface area contributed by atoms with Crippen molar-refractivity contribution < 1.29 is 22.3 Å². The zero-order chi connectivity index (χ0) is 13.1. The molecule has 2 N–H and O–H groups in total. The van der Waals surface area contributed by atoms with Gasteiger partial charge in [-0.15, -0.1) is 13.2 Å². The minimum atomic E-state index is -4.98. The Kier molecular flexibility index (Phi) is 3.85. The van der Waals surface area contributed by atoms with Crippen LogP contribution in [0.15, 0.2) is 6.20 Å². The van der Waals surface area contributed by atoms with Crippen LogP contribution in [0.5, 0.6) is 5.75 Å². The summed E-state index contributed by atoms with van der Waals surface area (Å²) in [5, 5.41) is 8.44. The summed E-state index contributed by atoms with van der Waals surface area (Å²) in [4.78, 5) is 3.21. The zero-order valence-electron chi connectivity index (χ0n) is 8.38. The number of halogens is 4. The van der Waals surface area contributed by atoms with Gasteiger partial charge in [-0.25, -0.2) is 4.98 Å². The molecule has 17 heavy (non-hydrogen) atoms. The fourth-order valence-corrected chi connectivity index (χ4v) is 1.19. The maximum atomic E-state index is 13.1. The number of aromatic nitrogens is 1. The molecule has 0 aromatic carbocycles. The topological polar surface area (TPSA) is 71.9 Å². The Bertz CT molecular complexity index is 453. The van der Waals surface area contributed by atoms with Gasteiger partial charge in [0.15, 0.2) is 0 Å². The maximum absolute atomic E-state index is 13.1. The molecule has 8 heteroatoms. The lowest BCUT2D eigenvalue weighted by Gasteiger charge is -2.15. The van der Waals surface area contributed by atoms with Crippen LogP contribution in [0.1, 0.15) is 11.1 Å². The van der Waals surface area contributed by atoms with Crippen molar-refractivity contribution in [1.29, 1.82) is 5.26 Å². The first-order chi connectivity index (χ1) is 7.89. The van der Waals surface area contributed by atoms with Crippen LogP contribution >= 0.6 is 0 Å². The van der Waals surface area contributed by atoms with Crippen LogP contribution in [0.2, 0.25) is 0 Å². The first-order valence-corrected chi connectivity index (χ1v) is 4.38. The molecule has 1 heterocycles. The number of alkyl halides is 3. The van der Waals surface area contributed by atoms with Gasteiger partial charge in [-0.1, -0.05) is 0 Å². The molecule has 1 rings (SSSR count). The second-order valence-corrected chi connectivity index (χ2v) is 2.97. The normalized spacial score (nSPS) is 11.1. The number of pyridine rings is 1. The number of nitrogens with zero attached hydrogens (tertiary/aromatic N) is 2. The van der Waals surface area contributed by atoms with Crippen LogP contribution in [0, 0.1) is 17.3 Å². The monoisotopic (exact) mass is 249 g/mol. The molecule has 0 aliphatic carbocycles. The first kappa shape index (κ1) is 13.2. The summed E-state index contributed by atoms with van der Waals surface area (Å²) < 4.78 is 53.2. The molecule has 0 bridgehead atoms. The number of rotatable bonds is 3. The molecule has 0 saturated carbocycles. The maximum Gasteiger partial charge on any atom is 0.573 e. The molecule has 0 aliphatic heterocycles. The van der Waals surface area contributed by atoms with Gasteiger partial charge in [0.05, 0.1) is 18.1 Å². The minimum Gasteiger partial charge on any atom is -0.405 e. The smallest absolute Gasteiger partial charge is 0.405 e. The van der Waals surface area contributed by atoms with Gasteiger partial charge < -0.3 is 10.5 Å². The highest BCUT2D eigenvalue weighted by atomic mass is 19.4. The van der Waals surface area contributed by atoms with Crippen molar-refractivity contribution >= 4 is 0 Å². The Balaban J connectivity index is 3.29. The zero-order valence-corrected chi connectivity index (χ0v) is 8.38. The predicted octanol–water partition coefficient (Wildman–Crippen LogP) is 1.64. The SMILES string of the molecule is N#CCc1cnc(F)c(CN)c1OC(F)(F)F. The van der Waals surface area contributed by atoms with E-state index in [1.165, 1.54) is 0 Å². The molecule has 0 saturated heterocycles. The number of hydrogen-bond acceptors (Lipinski definition) is 4. The fraction of sp³-hybridized carbons (Fsp3) is 0.333. The van der Waals surface area contributed by atoms with E-state index < -0.39 is 30.2 Å². The second-order valence-electron chi connectivity index (χ2n) is 2.97. The van der Waals surface area contributed by atoms with Crippen LogP contribution in [-0.2, 0) is 13.0 Å². The lowest BCUT2D eigenvalue weighted by molar-refractivity contribution is -0.275. The van der Waals surface area contributed by atoms with Crippen molar-refractivity contribution in [3.05, 3.63) is 23.3 Å². The molecule has 0 aliphatic rings. The van der Waals surface area contributed by atoms with E-state index in [2.05, 4.69) is 9.72 Å². The quantitative estimate of drug-likeness (QED) is 0.653. The molecule has 0 radical (unpaired) electrons. The lowest BCUT2D eigenvalue weighted by atomic mass is 10.1. The molecule has 0 unspecified atom stereocenters. The third-order valence-corrected chi connectivity index (χ3v) is 1.84. The average Bonchev–Trinajstić information content (AvgIpc) is 2.21. The summed E-state index contributed by atoms with van der Waals surface area (Å²) in [5.74, 6) is -1.93. The van der Waals surface area contributed by atoms with E-state index in [4.69, 9.17) is 11.0 Å². The summed E-state index contributed by atoms with van der Waals surface area (Å²) in [5.41, 5.74) is 4.46. The molecule has 0 atom stereocenters. The van der Waals surface area contributed by atoms with Crippen LogP contribution in [0.3, 0.4) is 0 Å². The fourth-order valence-electron chi connectivity index (χ4n) is 1.19. The van der Waals surface area contributed by atoms with Crippen molar-refractivity contribution in [2.75, 3.05) is 0 Å². The van der Waals surface area contributed by atoms with Gasteiger partial charge in [0.1, 0.15) is 5.75 Å². The van der Waals surface area contributed by atoms with Gasteiger partial charge in [0, 0.05) is 18.3 Å².